The number of benzene rings is 1. The Kier molecular flexibility index (Phi) is 4.66. The molecule has 1 saturated heterocycles. The van der Waals surface area contributed by atoms with Gasteiger partial charge in [-0.2, -0.15) is 0 Å². The number of hydrogen-bond acceptors (Lipinski definition) is 3. The lowest BCUT2D eigenvalue weighted by molar-refractivity contribution is -0.135. The smallest absolute Gasteiger partial charge is 0.246 e. The minimum absolute atomic E-state index is 0.0282. The fourth-order valence-corrected chi connectivity index (χ4v) is 3.56. The zero-order valence-electron chi connectivity index (χ0n) is 14.0. The average Bonchev–Trinajstić information content (AvgIpc) is 3.00. The molecule has 1 aromatic rings. The van der Waals surface area contributed by atoms with E-state index < -0.39 is 0 Å². The molecule has 2 aliphatic rings. The zero-order chi connectivity index (χ0) is 16.4. The lowest BCUT2D eigenvalue weighted by atomic mass is 10.1. The van der Waals surface area contributed by atoms with E-state index in [0.717, 1.165) is 44.0 Å². The number of anilines is 1. The molecule has 2 amide bonds. The quantitative estimate of drug-likeness (QED) is 0.849. The highest BCUT2D eigenvalue weighted by atomic mass is 16.2. The van der Waals surface area contributed by atoms with Crippen molar-refractivity contribution in [2.75, 3.05) is 37.6 Å². The summed E-state index contributed by atoms with van der Waals surface area (Å²) < 4.78 is 0. The molecule has 2 aliphatic heterocycles. The van der Waals surface area contributed by atoms with E-state index >= 15 is 0 Å². The van der Waals surface area contributed by atoms with Gasteiger partial charge in [0.05, 0.1) is 0 Å². The van der Waals surface area contributed by atoms with Crippen molar-refractivity contribution in [1.29, 1.82) is 0 Å². The Morgan fingerprint density at radius 3 is 2.43 bits per heavy atom. The molecule has 0 aromatic heterocycles. The van der Waals surface area contributed by atoms with Crippen LogP contribution in [0, 0.1) is 0 Å². The number of rotatable bonds is 3. The van der Waals surface area contributed by atoms with Crippen molar-refractivity contribution >= 4 is 17.5 Å². The number of piperazine rings is 1. The number of amides is 2. The van der Waals surface area contributed by atoms with E-state index in [-0.39, 0.29) is 17.9 Å². The van der Waals surface area contributed by atoms with Crippen LogP contribution in [0.25, 0.3) is 0 Å². The van der Waals surface area contributed by atoms with Crippen LogP contribution < -0.4 is 4.90 Å². The van der Waals surface area contributed by atoms with Crippen molar-refractivity contribution < 1.29 is 9.59 Å². The van der Waals surface area contributed by atoms with Crippen LogP contribution in [0.1, 0.15) is 25.8 Å². The first-order chi connectivity index (χ1) is 11.2. The molecule has 2 heterocycles. The fraction of sp³-hybridized carbons (Fsp3) is 0.556. The van der Waals surface area contributed by atoms with Gasteiger partial charge >= 0.3 is 0 Å². The highest BCUT2D eigenvalue weighted by Crippen LogP contribution is 2.33. The Morgan fingerprint density at radius 2 is 1.78 bits per heavy atom. The standard InChI is InChI=1S/C18H25N3O2/c1-3-17(22)21-15-8-6-5-7-14(15)13-16(21)18(23)20-11-9-19(4-2)10-12-20/h5-8,16H,3-4,9-13H2,1-2H3/t16-/m1/s1. The van der Waals surface area contributed by atoms with E-state index in [2.05, 4.69) is 11.8 Å². The average molecular weight is 315 g/mol. The normalized spacial score (nSPS) is 21.4. The molecule has 5 heteroatoms. The third-order valence-electron chi connectivity index (χ3n) is 4.96. The highest BCUT2D eigenvalue weighted by Gasteiger charge is 2.39. The zero-order valence-corrected chi connectivity index (χ0v) is 14.0. The van der Waals surface area contributed by atoms with E-state index in [9.17, 15) is 9.59 Å². The van der Waals surface area contributed by atoms with Crippen LogP contribution in [-0.4, -0.2) is 60.4 Å². The molecule has 1 aromatic carbocycles. The van der Waals surface area contributed by atoms with Gasteiger partial charge in [0.15, 0.2) is 0 Å². The van der Waals surface area contributed by atoms with Crippen molar-refractivity contribution in [3.05, 3.63) is 29.8 Å². The van der Waals surface area contributed by atoms with Crippen LogP contribution in [0.4, 0.5) is 5.69 Å². The minimum atomic E-state index is -0.368. The molecule has 3 rings (SSSR count). The van der Waals surface area contributed by atoms with Crippen LogP contribution >= 0.6 is 0 Å². The summed E-state index contributed by atoms with van der Waals surface area (Å²) in [6.07, 6.45) is 1.05. The van der Waals surface area contributed by atoms with E-state index in [1.165, 1.54) is 0 Å². The Morgan fingerprint density at radius 1 is 1.09 bits per heavy atom. The molecule has 124 valence electrons. The summed E-state index contributed by atoms with van der Waals surface area (Å²) in [5.41, 5.74) is 2.00. The number of para-hydroxylation sites is 1. The molecule has 0 radical (unpaired) electrons. The summed E-state index contributed by atoms with van der Waals surface area (Å²) in [6.45, 7) is 8.38. The molecular weight excluding hydrogens is 290 g/mol. The van der Waals surface area contributed by atoms with Gasteiger partial charge in [0.25, 0.3) is 0 Å². The minimum Gasteiger partial charge on any atom is -0.338 e. The van der Waals surface area contributed by atoms with Gasteiger partial charge in [-0.1, -0.05) is 32.0 Å². The third-order valence-corrected chi connectivity index (χ3v) is 4.96. The number of nitrogens with zero attached hydrogens (tertiary/aromatic N) is 3. The fourth-order valence-electron chi connectivity index (χ4n) is 3.56. The summed E-state index contributed by atoms with van der Waals surface area (Å²) in [5.74, 6) is 0.124. The largest absolute Gasteiger partial charge is 0.338 e. The SMILES string of the molecule is CCC(=O)N1c2ccccc2C[C@@H]1C(=O)N1CCN(CC)CC1. The Labute approximate surface area is 137 Å². The second kappa shape index (κ2) is 6.71. The maximum atomic E-state index is 13.0. The van der Waals surface area contributed by atoms with Gasteiger partial charge in [0.2, 0.25) is 11.8 Å². The van der Waals surface area contributed by atoms with E-state index in [0.29, 0.717) is 12.8 Å². The highest BCUT2D eigenvalue weighted by molar-refractivity contribution is 6.03. The molecule has 0 N–H and O–H groups in total. The Balaban J connectivity index is 1.79. The summed E-state index contributed by atoms with van der Waals surface area (Å²) in [7, 11) is 0. The van der Waals surface area contributed by atoms with Crippen LogP contribution in [0.15, 0.2) is 24.3 Å². The molecular formula is C18H25N3O2. The molecule has 0 aliphatic carbocycles. The van der Waals surface area contributed by atoms with Crippen LogP contribution in [0.2, 0.25) is 0 Å². The van der Waals surface area contributed by atoms with Gasteiger partial charge in [-0.25, -0.2) is 0 Å². The van der Waals surface area contributed by atoms with Crippen molar-refractivity contribution in [3.63, 3.8) is 0 Å². The number of carbonyl (C=O) groups excluding carboxylic acids is 2. The second-order valence-electron chi connectivity index (χ2n) is 6.23. The number of carbonyl (C=O) groups is 2. The topological polar surface area (TPSA) is 43.9 Å². The molecule has 0 unspecified atom stereocenters. The number of fused-ring (bicyclic) bond motifs is 1. The number of likely N-dealkylation sites (N-methyl/N-ethyl adjacent to an activating group) is 1. The Hall–Kier alpha value is -1.88. The maximum absolute atomic E-state index is 13.0. The molecule has 1 atom stereocenters. The van der Waals surface area contributed by atoms with E-state index in [1.54, 1.807) is 4.90 Å². The summed E-state index contributed by atoms with van der Waals surface area (Å²) in [5, 5.41) is 0. The van der Waals surface area contributed by atoms with Gasteiger partial charge < -0.3 is 9.80 Å². The predicted octanol–water partition coefficient (Wildman–Crippen LogP) is 1.52. The molecule has 0 saturated carbocycles. The summed E-state index contributed by atoms with van der Waals surface area (Å²) in [6, 6.07) is 7.51. The predicted molar refractivity (Wildman–Crippen MR) is 90.4 cm³/mol. The maximum Gasteiger partial charge on any atom is 0.246 e. The van der Waals surface area contributed by atoms with Gasteiger partial charge in [-0.3, -0.25) is 14.5 Å². The molecule has 1 fully saturated rings. The van der Waals surface area contributed by atoms with Crippen LogP contribution in [-0.2, 0) is 16.0 Å². The van der Waals surface area contributed by atoms with Gasteiger partial charge in [0, 0.05) is 44.7 Å². The van der Waals surface area contributed by atoms with Crippen LogP contribution in [0.5, 0.6) is 0 Å². The van der Waals surface area contributed by atoms with Crippen molar-refractivity contribution in [2.45, 2.75) is 32.7 Å². The van der Waals surface area contributed by atoms with E-state index in [1.807, 2.05) is 36.1 Å². The van der Waals surface area contributed by atoms with Gasteiger partial charge in [0.1, 0.15) is 6.04 Å². The van der Waals surface area contributed by atoms with Gasteiger partial charge in [-0.15, -0.1) is 0 Å². The first kappa shape index (κ1) is 16.0. The summed E-state index contributed by atoms with van der Waals surface area (Å²) >= 11 is 0. The first-order valence-corrected chi connectivity index (χ1v) is 8.56. The lowest BCUT2D eigenvalue weighted by Gasteiger charge is -2.37. The lowest BCUT2D eigenvalue weighted by Crippen LogP contribution is -2.55. The number of hydrogen-bond donors (Lipinski definition) is 0. The van der Waals surface area contributed by atoms with Crippen LogP contribution in [0.3, 0.4) is 0 Å². The van der Waals surface area contributed by atoms with Gasteiger partial charge in [-0.05, 0) is 18.2 Å². The third kappa shape index (κ3) is 2.98. The Bertz CT molecular complexity index is 594. The van der Waals surface area contributed by atoms with E-state index in [4.69, 9.17) is 0 Å². The molecule has 5 nitrogen and oxygen atoms in total. The second-order valence-corrected chi connectivity index (χ2v) is 6.23. The summed E-state index contributed by atoms with van der Waals surface area (Å²) in [4.78, 5) is 31.4. The van der Waals surface area contributed by atoms with Crippen molar-refractivity contribution in [3.8, 4) is 0 Å². The molecule has 23 heavy (non-hydrogen) atoms. The molecule has 0 spiro atoms. The molecule has 0 bridgehead atoms. The van der Waals surface area contributed by atoms with Crippen molar-refractivity contribution in [1.82, 2.24) is 9.80 Å². The monoisotopic (exact) mass is 315 g/mol. The first-order valence-electron chi connectivity index (χ1n) is 8.56. The van der Waals surface area contributed by atoms with Crippen molar-refractivity contribution in [2.24, 2.45) is 0 Å².